The second kappa shape index (κ2) is 9.16. The average Bonchev–Trinajstić information content (AvgIpc) is 3.10. The zero-order valence-corrected chi connectivity index (χ0v) is 17.0. The van der Waals surface area contributed by atoms with E-state index < -0.39 is 17.7 Å². The largest absolute Gasteiger partial charge is 0.493 e. The lowest BCUT2D eigenvalue weighted by molar-refractivity contribution is -0.138. The number of hydrogen-bond donors (Lipinski definition) is 1. The molecule has 1 N–H and O–H groups in total. The number of hydrogen-bond acceptors (Lipinski definition) is 4. The molecule has 3 aromatic rings. The van der Waals surface area contributed by atoms with Crippen LogP contribution in [-0.2, 0) is 24.0 Å². The molecule has 31 heavy (non-hydrogen) atoms. The number of benzene rings is 2. The third-order valence-electron chi connectivity index (χ3n) is 4.76. The van der Waals surface area contributed by atoms with Crippen molar-refractivity contribution in [1.29, 1.82) is 0 Å². The fourth-order valence-corrected chi connectivity index (χ4v) is 3.03. The van der Waals surface area contributed by atoms with Gasteiger partial charge in [0.2, 0.25) is 0 Å². The summed E-state index contributed by atoms with van der Waals surface area (Å²) in [5.41, 5.74) is 1.33. The van der Waals surface area contributed by atoms with Crippen LogP contribution in [0.2, 0.25) is 0 Å². The molecule has 5 nitrogen and oxygen atoms in total. The van der Waals surface area contributed by atoms with Gasteiger partial charge in [-0.2, -0.15) is 13.2 Å². The first-order valence-electron chi connectivity index (χ1n) is 9.46. The van der Waals surface area contributed by atoms with Gasteiger partial charge >= 0.3 is 12.1 Å². The van der Waals surface area contributed by atoms with Gasteiger partial charge in [0.25, 0.3) is 0 Å². The van der Waals surface area contributed by atoms with E-state index in [0.29, 0.717) is 35.0 Å². The van der Waals surface area contributed by atoms with Crippen molar-refractivity contribution in [1.82, 2.24) is 0 Å². The number of carboxylic acid groups (broad SMARTS) is 1. The van der Waals surface area contributed by atoms with Crippen LogP contribution in [0.4, 0.5) is 13.2 Å². The molecule has 0 fully saturated rings. The molecular weight excluding hydrogens is 413 g/mol. The molecule has 1 heterocycles. The van der Waals surface area contributed by atoms with Crippen LogP contribution < -0.4 is 9.47 Å². The van der Waals surface area contributed by atoms with E-state index in [1.165, 1.54) is 19.2 Å². The van der Waals surface area contributed by atoms with E-state index in [4.69, 9.17) is 19.0 Å². The minimum Gasteiger partial charge on any atom is -0.493 e. The summed E-state index contributed by atoms with van der Waals surface area (Å²) in [6, 6.07) is 11.7. The van der Waals surface area contributed by atoms with Gasteiger partial charge in [0.1, 0.15) is 18.1 Å². The maximum atomic E-state index is 12.8. The second-order valence-electron chi connectivity index (χ2n) is 6.93. The summed E-state index contributed by atoms with van der Waals surface area (Å²) >= 11 is 0. The highest BCUT2D eigenvalue weighted by Crippen LogP contribution is 2.33. The number of aliphatic carboxylic acids is 1. The van der Waals surface area contributed by atoms with E-state index >= 15 is 0 Å². The number of rotatable bonds is 8. The van der Waals surface area contributed by atoms with Gasteiger partial charge in [0.15, 0.2) is 11.5 Å². The zero-order valence-electron chi connectivity index (χ0n) is 17.0. The van der Waals surface area contributed by atoms with Crippen LogP contribution in [0.15, 0.2) is 52.9 Å². The van der Waals surface area contributed by atoms with Crippen LogP contribution in [0.3, 0.4) is 0 Å². The van der Waals surface area contributed by atoms with Gasteiger partial charge in [-0.15, -0.1) is 0 Å². The first kappa shape index (κ1) is 22.3. The van der Waals surface area contributed by atoms with Crippen LogP contribution >= 0.6 is 0 Å². The number of carboxylic acids is 1. The van der Waals surface area contributed by atoms with Crippen molar-refractivity contribution >= 4 is 5.97 Å². The topological polar surface area (TPSA) is 68.9 Å². The van der Waals surface area contributed by atoms with Gasteiger partial charge in [0, 0.05) is 17.5 Å². The number of furan rings is 1. The summed E-state index contributed by atoms with van der Waals surface area (Å²) in [5, 5.41) is 8.86. The van der Waals surface area contributed by atoms with Crippen LogP contribution in [-0.4, -0.2) is 18.2 Å². The third kappa shape index (κ3) is 5.59. The van der Waals surface area contributed by atoms with Crippen molar-refractivity contribution in [3.05, 3.63) is 71.0 Å². The van der Waals surface area contributed by atoms with Crippen molar-refractivity contribution in [2.24, 2.45) is 0 Å². The molecule has 0 radical (unpaired) electrons. The summed E-state index contributed by atoms with van der Waals surface area (Å²) in [5.74, 6) is 1.09. The molecule has 0 amide bonds. The number of methoxy groups -OCH3 is 1. The molecular formula is C23H21F3O5. The van der Waals surface area contributed by atoms with E-state index in [9.17, 15) is 18.0 Å². The smallest absolute Gasteiger partial charge is 0.416 e. The minimum atomic E-state index is -4.39. The van der Waals surface area contributed by atoms with Crippen molar-refractivity contribution in [3.8, 4) is 22.8 Å². The highest BCUT2D eigenvalue weighted by Gasteiger charge is 2.30. The van der Waals surface area contributed by atoms with Crippen LogP contribution in [0.1, 0.15) is 28.9 Å². The van der Waals surface area contributed by atoms with Crippen molar-refractivity contribution in [2.45, 2.75) is 32.5 Å². The van der Waals surface area contributed by atoms with Crippen molar-refractivity contribution in [2.75, 3.05) is 7.11 Å². The van der Waals surface area contributed by atoms with E-state index in [-0.39, 0.29) is 13.0 Å². The highest BCUT2D eigenvalue weighted by atomic mass is 19.4. The Morgan fingerprint density at radius 2 is 1.77 bits per heavy atom. The summed E-state index contributed by atoms with van der Waals surface area (Å²) < 4.78 is 55.1. The number of aryl methyl sites for hydroxylation is 2. The Hall–Kier alpha value is -3.42. The highest BCUT2D eigenvalue weighted by molar-refractivity contribution is 5.67. The minimum absolute atomic E-state index is 0.00307. The Kier molecular flexibility index (Phi) is 6.58. The summed E-state index contributed by atoms with van der Waals surface area (Å²) in [7, 11) is 1.50. The van der Waals surface area contributed by atoms with Gasteiger partial charge in [-0.05, 0) is 49.2 Å². The molecule has 3 rings (SSSR count). The second-order valence-corrected chi connectivity index (χ2v) is 6.93. The van der Waals surface area contributed by atoms with Gasteiger partial charge in [0.05, 0.1) is 12.7 Å². The summed E-state index contributed by atoms with van der Waals surface area (Å²) in [4.78, 5) is 10.8. The fourth-order valence-electron chi connectivity index (χ4n) is 3.03. The quantitative estimate of drug-likeness (QED) is 0.480. The van der Waals surface area contributed by atoms with Crippen molar-refractivity contribution in [3.63, 3.8) is 0 Å². The van der Waals surface area contributed by atoms with E-state index in [1.54, 1.807) is 31.2 Å². The van der Waals surface area contributed by atoms with Crippen molar-refractivity contribution < 1.29 is 37.0 Å². The Labute approximate surface area is 177 Å². The summed E-state index contributed by atoms with van der Waals surface area (Å²) in [6.45, 7) is 1.89. The van der Waals surface area contributed by atoms with Gasteiger partial charge in [-0.25, -0.2) is 0 Å². The van der Waals surface area contributed by atoms with Gasteiger partial charge in [-0.1, -0.05) is 18.2 Å². The normalized spacial score (nSPS) is 11.4. The third-order valence-corrected chi connectivity index (χ3v) is 4.76. The molecule has 0 bridgehead atoms. The molecule has 0 aliphatic rings. The van der Waals surface area contributed by atoms with Crippen LogP contribution in [0.25, 0.3) is 11.3 Å². The average molecular weight is 434 g/mol. The zero-order chi connectivity index (χ0) is 22.6. The fraction of sp³-hybridized carbons (Fsp3) is 0.261. The van der Waals surface area contributed by atoms with Crippen LogP contribution in [0, 0.1) is 6.92 Å². The predicted molar refractivity (Wildman–Crippen MR) is 107 cm³/mol. The molecule has 0 aliphatic carbocycles. The van der Waals surface area contributed by atoms with Gasteiger partial charge in [-0.3, -0.25) is 4.79 Å². The first-order chi connectivity index (χ1) is 14.7. The lowest BCUT2D eigenvalue weighted by Gasteiger charge is -2.12. The van der Waals surface area contributed by atoms with E-state index in [1.807, 2.05) is 0 Å². The molecule has 0 unspecified atom stereocenters. The maximum absolute atomic E-state index is 12.8. The Balaban J connectivity index is 1.75. The molecule has 0 atom stereocenters. The number of carbonyl (C=O) groups is 1. The molecule has 2 aromatic carbocycles. The standard InChI is InChI=1S/C23H21F3O5/c1-14-17(12-20(31-14)16-5-7-18(8-6-16)23(24,25)26)13-30-21-11-15(4-10-22(27)28)3-9-19(21)29-2/h3,5-9,11-12H,4,10,13H2,1-2H3,(H,27,28). The Morgan fingerprint density at radius 1 is 1.06 bits per heavy atom. The molecule has 8 heteroatoms. The van der Waals surface area contributed by atoms with E-state index in [2.05, 4.69) is 0 Å². The predicted octanol–water partition coefficient (Wildman–Crippen LogP) is 5.88. The maximum Gasteiger partial charge on any atom is 0.416 e. The molecule has 0 saturated heterocycles. The lowest BCUT2D eigenvalue weighted by Crippen LogP contribution is -2.03. The molecule has 164 valence electrons. The Morgan fingerprint density at radius 3 is 2.39 bits per heavy atom. The molecule has 0 spiro atoms. The van der Waals surface area contributed by atoms with E-state index in [0.717, 1.165) is 23.3 Å². The number of halogens is 3. The number of ether oxygens (including phenoxy) is 2. The SMILES string of the molecule is COc1ccc(CCC(=O)O)cc1OCc1cc(-c2ccc(C(F)(F)F)cc2)oc1C. The summed E-state index contributed by atoms with van der Waals surface area (Å²) in [6.07, 6.45) is -4.03. The lowest BCUT2D eigenvalue weighted by atomic mass is 10.1. The molecule has 0 saturated carbocycles. The van der Waals surface area contributed by atoms with Crippen LogP contribution in [0.5, 0.6) is 11.5 Å². The first-order valence-corrected chi connectivity index (χ1v) is 9.46. The van der Waals surface area contributed by atoms with Gasteiger partial charge < -0.3 is 19.0 Å². The molecule has 1 aromatic heterocycles. The monoisotopic (exact) mass is 434 g/mol. The molecule has 0 aliphatic heterocycles. The Bertz CT molecular complexity index is 1050. The number of alkyl halides is 3.